The van der Waals surface area contributed by atoms with Crippen LogP contribution in [0.4, 0.5) is 20.2 Å². The van der Waals surface area contributed by atoms with Gasteiger partial charge in [-0.3, -0.25) is 14.5 Å². The number of hydrogen-bond acceptors (Lipinski definition) is 3. The van der Waals surface area contributed by atoms with E-state index in [0.29, 0.717) is 5.69 Å². The van der Waals surface area contributed by atoms with E-state index in [9.17, 15) is 18.4 Å². The lowest BCUT2D eigenvalue weighted by atomic mass is 9.85. The molecule has 0 spiro atoms. The molecule has 1 unspecified atom stereocenters. The number of carbonyl (C=O) groups excluding carboxylic acids is 2. The molecule has 4 nitrogen and oxygen atoms in total. The molecule has 1 saturated carbocycles. The fourth-order valence-electron chi connectivity index (χ4n) is 3.32. The first-order chi connectivity index (χ1) is 13.0. The van der Waals surface area contributed by atoms with Gasteiger partial charge in [0.05, 0.1) is 11.4 Å². The predicted molar refractivity (Wildman–Crippen MR) is 101 cm³/mol. The Morgan fingerprint density at radius 3 is 2.63 bits per heavy atom. The molecule has 140 valence electrons. The van der Waals surface area contributed by atoms with Crippen LogP contribution >= 0.6 is 11.8 Å². The molecule has 2 fully saturated rings. The lowest BCUT2D eigenvalue weighted by molar-refractivity contribution is -0.122. The van der Waals surface area contributed by atoms with Crippen LogP contribution in [-0.4, -0.2) is 17.6 Å². The summed E-state index contributed by atoms with van der Waals surface area (Å²) in [6.45, 7) is 0. The van der Waals surface area contributed by atoms with E-state index in [2.05, 4.69) is 5.32 Å². The van der Waals surface area contributed by atoms with Crippen molar-refractivity contribution in [1.29, 1.82) is 0 Å². The number of anilines is 2. The number of benzene rings is 2. The summed E-state index contributed by atoms with van der Waals surface area (Å²) in [5.41, 5.74) is 1.38. The maximum Gasteiger partial charge on any atom is 0.238 e. The Balaban J connectivity index is 1.67. The average molecular weight is 388 g/mol. The molecule has 0 aromatic heterocycles. The van der Waals surface area contributed by atoms with Crippen molar-refractivity contribution in [2.24, 2.45) is 5.92 Å². The van der Waals surface area contributed by atoms with Gasteiger partial charge in [-0.25, -0.2) is 8.78 Å². The number of carbonyl (C=O) groups is 2. The Labute approximate surface area is 159 Å². The zero-order chi connectivity index (χ0) is 19.0. The third kappa shape index (κ3) is 3.43. The van der Waals surface area contributed by atoms with Gasteiger partial charge in [0, 0.05) is 23.2 Å². The standard InChI is InChI=1S/C20H18F2N2O2S/c21-13-8-9-17(15(22)10-13)24-18(25)11-27-20(24)14-6-1-2-7-16(14)23-19(26)12-4-3-5-12/h1-2,6-10,12,20H,3-5,11H2,(H,23,26). The Hall–Kier alpha value is -2.41. The molecule has 2 aliphatic rings. The first kappa shape index (κ1) is 18.0. The number of nitrogens with one attached hydrogen (secondary N) is 1. The van der Waals surface area contributed by atoms with E-state index in [1.54, 1.807) is 6.07 Å². The van der Waals surface area contributed by atoms with E-state index in [-0.39, 0.29) is 29.2 Å². The normalized spacial score (nSPS) is 19.9. The molecule has 2 amide bonds. The number of thioether (sulfide) groups is 1. The van der Waals surface area contributed by atoms with E-state index < -0.39 is 17.0 Å². The summed E-state index contributed by atoms with van der Waals surface area (Å²) in [5.74, 6) is -1.54. The minimum absolute atomic E-state index is 0.0254. The van der Waals surface area contributed by atoms with Crippen LogP contribution in [0.5, 0.6) is 0 Å². The van der Waals surface area contributed by atoms with E-state index in [4.69, 9.17) is 0 Å². The first-order valence-electron chi connectivity index (χ1n) is 8.83. The van der Waals surface area contributed by atoms with Gasteiger partial charge in [0.1, 0.15) is 17.0 Å². The minimum atomic E-state index is -0.785. The molecule has 27 heavy (non-hydrogen) atoms. The van der Waals surface area contributed by atoms with Crippen molar-refractivity contribution in [1.82, 2.24) is 0 Å². The molecule has 7 heteroatoms. The van der Waals surface area contributed by atoms with Crippen LogP contribution in [0, 0.1) is 17.6 Å². The molecule has 1 aliphatic carbocycles. The number of halogens is 2. The maximum atomic E-state index is 14.3. The zero-order valence-electron chi connectivity index (χ0n) is 14.5. The Kier molecular flexibility index (Phi) is 4.86. The second-order valence-corrected chi connectivity index (χ2v) is 7.80. The number of amides is 2. The monoisotopic (exact) mass is 388 g/mol. The van der Waals surface area contributed by atoms with Crippen LogP contribution < -0.4 is 10.2 Å². The third-order valence-electron chi connectivity index (χ3n) is 5.00. The zero-order valence-corrected chi connectivity index (χ0v) is 15.3. The smallest absolute Gasteiger partial charge is 0.238 e. The number of hydrogen-bond donors (Lipinski definition) is 1. The highest BCUT2D eigenvalue weighted by atomic mass is 32.2. The number of para-hydroxylation sites is 1. The Morgan fingerprint density at radius 2 is 1.93 bits per heavy atom. The van der Waals surface area contributed by atoms with Crippen LogP contribution in [0.1, 0.15) is 30.2 Å². The molecule has 0 radical (unpaired) electrons. The van der Waals surface area contributed by atoms with Crippen LogP contribution in [0.15, 0.2) is 42.5 Å². The van der Waals surface area contributed by atoms with Gasteiger partial charge in [0.25, 0.3) is 0 Å². The van der Waals surface area contributed by atoms with Crippen molar-refractivity contribution in [3.63, 3.8) is 0 Å². The fraction of sp³-hybridized carbons (Fsp3) is 0.300. The van der Waals surface area contributed by atoms with Gasteiger partial charge in [-0.1, -0.05) is 24.6 Å². The van der Waals surface area contributed by atoms with Gasteiger partial charge in [0.2, 0.25) is 11.8 Å². The molecule has 2 aromatic rings. The summed E-state index contributed by atoms with van der Waals surface area (Å²) >= 11 is 1.35. The van der Waals surface area contributed by atoms with E-state index >= 15 is 0 Å². The number of rotatable bonds is 4. The van der Waals surface area contributed by atoms with E-state index in [0.717, 1.165) is 37.0 Å². The third-order valence-corrected chi connectivity index (χ3v) is 6.19. The maximum absolute atomic E-state index is 14.3. The highest BCUT2D eigenvalue weighted by Gasteiger charge is 2.37. The van der Waals surface area contributed by atoms with Gasteiger partial charge in [0.15, 0.2) is 0 Å². The van der Waals surface area contributed by atoms with E-state index in [1.165, 1.54) is 22.7 Å². The van der Waals surface area contributed by atoms with Crippen molar-refractivity contribution >= 4 is 35.0 Å². The Bertz CT molecular complexity index is 901. The molecule has 1 saturated heterocycles. The summed E-state index contributed by atoms with van der Waals surface area (Å²) in [6.07, 6.45) is 2.83. The molecule has 4 rings (SSSR count). The SMILES string of the molecule is O=C(Nc1ccccc1C1SCC(=O)N1c1ccc(F)cc1F)C1CCC1. The second kappa shape index (κ2) is 7.31. The fourth-order valence-corrected chi connectivity index (χ4v) is 4.53. The lowest BCUT2D eigenvalue weighted by Crippen LogP contribution is -2.31. The van der Waals surface area contributed by atoms with Crippen molar-refractivity contribution in [3.8, 4) is 0 Å². The summed E-state index contributed by atoms with van der Waals surface area (Å²) in [4.78, 5) is 26.2. The number of nitrogens with zero attached hydrogens (tertiary/aromatic N) is 1. The molecule has 0 bridgehead atoms. The largest absolute Gasteiger partial charge is 0.325 e. The predicted octanol–water partition coefficient (Wildman–Crippen LogP) is 4.48. The highest BCUT2D eigenvalue weighted by Crippen LogP contribution is 2.45. The lowest BCUT2D eigenvalue weighted by Gasteiger charge is -2.28. The molecular formula is C20H18F2N2O2S. The van der Waals surface area contributed by atoms with Gasteiger partial charge < -0.3 is 5.32 Å². The molecule has 1 heterocycles. The van der Waals surface area contributed by atoms with Gasteiger partial charge in [-0.2, -0.15) is 0 Å². The molecule has 2 aromatic carbocycles. The Morgan fingerprint density at radius 1 is 1.15 bits per heavy atom. The second-order valence-electron chi connectivity index (χ2n) is 6.73. The van der Waals surface area contributed by atoms with Crippen molar-refractivity contribution in [2.45, 2.75) is 24.6 Å². The summed E-state index contributed by atoms with van der Waals surface area (Å²) in [7, 11) is 0. The minimum Gasteiger partial charge on any atom is -0.325 e. The topological polar surface area (TPSA) is 49.4 Å². The van der Waals surface area contributed by atoms with Gasteiger partial charge in [-0.15, -0.1) is 11.8 Å². The van der Waals surface area contributed by atoms with Crippen LogP contribution in [0.2, 0.25) is 0 Å². The summed E-state index contributed by atoms with van der Waals surface area (Å²) < 4.78 is 27.6. The quantitative estimate of drug-likeness (QED) is 0.840. The van der Waals surface area contributed by atoms with E-state index in [1.807, 2.05) is 18.2 Å². The van der Waals surface area contributed by atoms with Crippen molar-refractivity contribution in [3.05, 3.63) is 59.7 Å². The summed E-state index contributed by atoms with van der Waals surface area (Å²) in [5, 5.41) is 2.47. The molecule has 1 aliphatic heterocycles. The van der Waals surface area contributed by atoms with Gasteiger partial charge >= 0.3 is 0 Å². The first-order valence-corrected chi connectivity index (χ1v) is 9.88. The van der Waals surface area contributed by atoms with Crippen molar-refractivity contribution < 1.29 is 18.4 Å². The average Bonchev–Trinajstić information content (AvgIpc) is 2.95. The van der Waals surface area contributed by atoms with Crippen LogP contribution in [0.3, 0.4) is 0 Å². The molecule has 1 atom stereocenters. The van der Waals surface area contributed by atoms with Crippen molar-refractivity contribution in [2.75, 3.05) is 16.0 Å². The molecule has 1 N–H and O–H groups in total. The van der Waals surface area contributed by atoms with Crippen LogP contribution in [0.25, 0.3) is 0 Å². The highest BCUT2D eigenvalue weighted by molar-refractivity contribution is 8.00. The van der Waals surface area contributed by atoms with Crippen LogP contribution in [-0.2, 0) is 9.59 Å². The van der Waals surface area contributed by atoms with Gasteiger partial charge in [-0.05, 0) is 31.0 Å². The molecular weight excluding hydrogens is 370 g/mol. The summed E-state index contributed by atoms with van der Waals surface area (Å²) in [6, 6.07) is 10.4.